The highest BCUT2D eigenvalue weighted by molar-refractivity contribution is 6.04. The van der Waals surface area contributed by atoms with E-state index in [1.165, 1.54) is 4.57 Å². The van der Waals surface area contributed by atoms with Gasteiger partial charge in [-0.2, -0.15) is 4.98 Å². The van der Waals surface area contributed by atoms with Gasteiger partial charge in [-0.3, -0.25) is 19.0 Å². The van der Waals surface area contributed by atoms with E-state index in [-0.39, 0.29) is 35.4 Å². The van der Waals surface area contributed by atoms with Crippen LogP contribution in [-0.2, 0) is 16.1 Å². The minimum Gasteiger partial charge on any atom is -0.369 e. The zero-order valence-corrected chi connectivity index (χ0v) is 18.6. The molecule has 32 heavy (non-hydrogen) atoms. The van der Waals surface area contributed by atoms with Crippen LogP contribution < -0.4 is 17.0 Å². The van der Waals surface area contributed by atoms with E-state index in [0.29, 0.717) is 18.5 Å². The van der Waals surface area contributed by atoms with Crippen LogP contribution >= 0.6 is 0 Å². The molecule has 1 atom stereocenters. The monoisotopic (exact) mass is 439 g/mol. The molecule has 9 nitrogen and oxygen atoms in total. The van der Waals surface area contributed by atoms with Gasteiger partial charge in [-0.1, -0.05) is 62.2 Å². The summed E-state index contributed by atoms with van der Waals surface area (Å²) >= 11 is 0. The van der Waals surface area contributed by atoms with E-state index in [4.69, 9.17) is 16.0 Å². The maximum atomic E-state index is 13.5. The van der Waals surface area contributed by atoms with Gasteiger partial charge >= 0.3 is 0 Å². The van der Waals surface area contributed by atoms with Crippen molar-refractivity contribution in [1.82, 2.24) is 14.7 Å². The van der Waals surface area contributed by atoms with Gasteiger partial charge in [-0.25, -0.2) is 0 Å². The summed E-state index contributed by atoms with van der Waals surface area (Å²) in [6, 6.07) is 9.38. The number of unbranched alkanes of at least 4 members (excludes halogenated alkanes) is 1. The van der Waals surface area contributed by atoms with Gasteiger partial charge < -0.3 is 16.0 Å². The van der Waals surface area contributed by atoms with Crippen LogP contribution in [0.1, 0.15) is 62.5 Å². The fraction of sp³-hybridized carbons (Fsp3) is 0.435. The van der Waals surface area contributed by atoms with Crippen LogP contribution in [0.4, 0.5) is 0 Å². The standard InChI is InChI=1S/C23H29N5O4/c1-4-6-12-23(21(24)30,22(25)31)16(5-2)18-26-19-17(14(3)27-32-19)20(29)28(18)13-15-10-8-7-9-11-15/h7-11,16H,4-6,12-13H2,1-3H3,(H2,24,30)(H2,25,31). The highest BCUT2D eigenvalue weighted by Gasteiger charge is 2.51. The highest BCUT2D eigenvalue weighted by Crippen LogP contribution is 2.42. The number of fused-ring (bicyclic) bond motifs is 1. The van der Waals surface area contributed by atoms with E-state index < -0.39 is 23.1 Å². The molecule has 2 heterocycles. The van der Waals surface area contributed by atoms with Crippen molar-refractivity contribution in [2.75, 3.05) is 0 Å². The van der Waals surface area contributed by atoms with Crippen LogP contribution in [0, 0.1) is 12.3 Å². The van der Waals surface area contributed by atoms with E-state index in [1.54, 1.807) is 6.92 Å². The molecule has 0 radical (unpaired) electrons. The van der Waals surface area contributed by atoms with E-state index >= 15 is 0 Å². The van der Waals surface area contributed by atoms with Crippen LogP contribution in [0.15, 0.2) is 39.6 Å². The van der Waals surface area contributed by atoms with Crippen LogP contribution in [0.2, 0.25) is 0 Å². The number of nitrogens with zero attached hydrogens (tertiary/aromatic N) is 3. The molecule has 0 aliphatic carbocycles. The lowest BCUT2D eigenvalue weighted by Gasteiger charge is -2.35. The number of hydrogen-bond donors (Lipinski definition) is 2. The van der Waals surface area contributed by atoms with Crippen molar-refractivity contribution in [2.45, 2.75) is 58.9 Å². The third-order valence-corrected chi connectivity index (χ3v) is 6.10. The SMILES string of the molecule is CCCCC(C(N)=O)(C(N)=O)C(CC)c1nc2onc(C)c2c(=O)n1Cc1ccccc1. The quantitative estimate of drug-likeness (QED) is 0.464. The van der Waals surface area contributed by atoms with E-state index in [9.17, 15) is 14.4 Å². The Hall–Kier alpha value is -3.49. The Morgan fingerprint density at radius 3 is 2.38 bits per heavy atom. The van der Waals surface area contributed by atoms with Crippen molar-refractivity contribution in [1.29, 1.82) is 0 Å². The third kappa shape index (κ3) is 3.90. The fourth-order valence-electron chi connectivity index (χ4n) is 4.36. The summed E-state index contributed by atoms with van der Waals surface area (Å²) in [4.78, 5) is 43.6. The van der Waals surface area contributed by atoms with Crippen LogP contribution in [0.3, 0.4) is 0 Å². The molecule has 9 heteroatoms. The van der Waals surface area contributed by atoms with Gasteiger partial charge in [-0.15, -0.1) is 0 Å². The summed E-state index contributed by atoms with van der Waals surface area (Å²) in [5.41, 5.74) is 10.9. The number of nitrogens with two attached hydrogens (primary N) is 2. The number of benzene rings is 1. The lowest BCUT2D eigenvalue weighted by Crippen LogP contribution is -2.52. The number of aryl methyl sites for hydroxylation is 1. The maximum Gasteiger partial charge on any atom is 0.267 e. The minimum absolute atomic E-state index is 0.0589. The number of hydrogen-bond acceptors (Lipinski definition) is 6. The number of carbonyl (C=O) groups excluding carboxylic acids is 2. The number of rotatable bonds is 10. The van der Waals surface area contributed by atoms with Gasteiger partial charge in [0.1, 0.15) is 16.6 Å². The van der Waals surface area contributed by atoms with Gasteiger partial charge in [0.25, 0.3) is 11.3 Å². The lowest BCUT2D eigenvalue weighted by molar-refractivity contribution is -0.142. The largest absolute Gasteiger partial charge is 0.369 e. The van der Waals surface area contributed by atoms with Gasteiger partial charge in [0.2, 0.25) is 11.8 Å². The molecule has 0 saturated carbocycles. The summed E-state index contributed by atoms with van der Waals surface area (Å²) < 4.78 is 6.75. The normalized spacial score (nSPS) is 12.7. The van der Waals surface area contributed by atoms with Crippen molar-refractivity contribution in [3.63, 3.8) is 0 Å². The average molecular weight is 440 g/mol. The number of carbonyl (C=O) groups is 2. The minimum atomic E-state index is -1.69. The van der Waals surface area contributed by atoms with Crippen LogP contribution in [0.25, 0.3) is 11.1 Å². The Balaban J connectivity index is 2.32. The van der Waals surface area contributed by atoms with Crippen molar-refractivity contribution in [3.05, 3.63) is 57.8 Å². The molecule has 1 aromatic carbocycles. The van der Waals surface area contributed by atoms with Gasteiger partial charge in [0.15, 0.2) is 0 Å². The first kappa shape index (κ1) is 23.2. The van der Waals surface area contributed by atoms with Gasteiger partial charge in [-0.05, 0) is 25.3 Å². The first-order valence-corrected chi connectivity index (χ1v) is 10.8. The smallest absolute Gasteiger partial charge is 0.267 e. The molecule has 3 rings (SSSR count). The van der Waals surface area contributed by atoms with Crippen molar-refractivity contribution in [3.8, 4) is 0 Å². The Morgan fingerprint density at radius 2 is 1.81 bits per heavy atom. The Bertz CT molecular complexity index is 1170. The number of primary amides is 2. The van der Waals surface area contributed by atoms with Crippen LogP contribution in [-0.4, -0.2) is 26.5 Å². The molecule has 0 saturated heterocycles. The maximum absolute atomic E-state index is 13.5. The zero-order valence-electron chi connectivity index (χ0n) is 18.6. The molecule has 0 aliphatic rings. The summed E-state index contributed by atoms with van der Waals surface area (Å²) in [5, 5.41) is 4.14. The molecule has 2 aromatic heterocycles. The molecule has 170 valence electrons. The molecule has 0 bridgehead atoms. The molecule has 2 amide bonds. The Labute approximate surface area is 185 Å². The average Bonchev–Trinajstić information content (AvgIpc) is 3.14. The second-order valence-corrected chi connectivity index (χ2v) is 8.06. The molecule has 1 unspecified atom stereocenters. The van der Waals surface area contributed by atoms with Crippen molar-refractivity contribution < 1.29 is 14.1 Å². The molecular formula is C23H29N5O4. The summed E-state index contributed by atoms with van der Waals surface area (Å²) in [5.74, 6) is -2.21. The fourth-order valence-corrected chi connectivity index (χ4v) is 4.36. The topological polar surface area (TPSA) is 147 Å². The van der Waals surface area contributed by atoms with Gasteiger partial charge in [0, 0.05) is 5.92 Å². The van der Waals surface area contributed by atoms with E-state index in [2.05, 4.69) is 10.1 Å². The number of aromatic nitrogens is 3. The molecular weight excluding hydrogens is 410 g/mol. The molecule has 0 fully saturated rings. The van der Waals surface area contributed by atoms with Gasteiger partial charge in [0.05, 0.1) is 12.2 Å². The van der Waals surface area contributed by atoms with E-state index in [0.717, 1.165) is 12.0 Å². The number of amides is 2. The highest BCUT2D eigenvalue weighted by atomic mass is 16.5. The molecule has 3 aromatic rings. The lowest BCUT2D eigenvalue weighted by atomic mass is 9.68. The Morgan fingerprint density at radius 1 is 1.16 bits per heavy atom. The second kappa shape index (κ2) is 9.33. The third-order valence-electron chi connectivity index (χ3n) is 6.10. The van der Waals surface area contributed by atoms with E-state index in [1.807, 2.05) is 44.2 Å². The summed E-state index contributed by atoms with van der Waals surface area (Å²) in [6.07, 6.45) is 1.79. The first-order valence-electron chi connectivity index (χ1n) is 10.8. The molecule has 0 spiro atoms. The zero-order chi connectivity index (χ0) is 23.5. The first-order chi connectivity index (χ1) is 15.3. The van der Waals surface area contributed by atoms with Crippen molar-refractivity contribution >= 4 is 22.9 Å². The van der Waals surface area contributed by atoms with Crippen molar-refractivity contribution in [2.24, 2.45) is 16.9 Å². The predicted molar refractivity (Wildman–Crippen MR) is 120 cm³/mol. The molecule has 4 N–H and O–H groups in total. The second-order valence-electron chi connectivity index (χ2n) is 8.06. The Kier molecular flexibility index (Phi) is 6.76. The summed E-state index contributed by atoms with van der Waals surface area (Å²) in [7, 11) is 0. The molecule has 0 aliphatic heterocycles. The summed E-state index contributed by atoms with van der Waals surface area (Å²) in [6.45, 7) is 5.62. The predicted octanol–water partition coefficient (Wildman–Crippen LogP) is 2.38. The van der Waals surface area contributed by atoms with Crippen LogP contribution in [0.5, 0.6) is 0 Å².